The molecule has 0 radical (unpaired) electrons. The van der Waals surface area contributed by atoms with Crippen molar-refractivity contribution in [1.82, 2.24) is 0 Å². The van der Waals surface area contributed by atoms with E-state index in [2.05, 4.69) is 4.74 Å². The van der Waals surface area contributed by atoms with Crippen LogP contribution in [-0.2, 0) is 9.53 Å². The average molecular weight is 153 g/mol. The van der Waals surface area contributed by atoms with E-state index in [1.165, 1.54) is 7.11 Å². The van der Waals surface area contributed by atoms with Crippen LogP contribution in [0.1, 0.15) is 6.92 Å². The fourth-order valence-corrected chi connectivity index (χ4v) is 0.423. The third-order valence-corrected chi connectivity index (χ3v) is 1.56. The maximum absolute atomic E-state index is 10.1. The van der Waals surface area contributed by atoms with Crippen molar-refractivity contribution in [3.05, 3.63) is 0 Å². The first-order valence-electron chi connectivity index (χ1n) is 2.49. The molecule has 0 heterocycles. The molecular formula is C5H9ClO3. The number of halogens is 1. The summed E-state index contributed by atoms with van der Waals surface area (Å²) in [4.78, 5) is 10.1. The summed E-state index contributed by atoms with van der Waals surface area (Å²) in [7, 11) is 1.42. The van der Waals surface area contributed by atoms with Gasteiger partial charge < -0.3 is 9.84 Å². The third-order valence-electron chi connectivity index (χ3n) is 1.02. The number of alkyl halides is 1. The number of methoxy groups -OCH3 is 1. The van der Waals surface area contributed by atoms with Crippen molar-refractivity contribution < 1.29 is 14.6 Å². The number of carboxylic acids is 1. The molecule has 0 bridgehead atoms. The Morgan fingerprint density at radius 3 is 2.33 bits per heavy atom. The molecule has 0 spiro atoms. The van der Waals surface area contributed by atoms with Gasteiger partial charge in [-0.05, 0) is 6.92 Å². The smallest absolute Gasteiger partial charge is 0.324 e. The number of rotatable bonds is 3. The van der Waals surface area contributed by atoms with Gasteiger partial charge >= 0.3 is 5.97 Å². The van der Waals surface area contributed by atoms with E-state index in [9.17, 15) is 4.79 Å². The van der Waals surface area contributed by atoms with Gasteiger partial charge in [-0.3, -0.25) is 4.79 Å². The second-order valence-corrected chi connectivity index (χ2v) is 2.15. The van der Waals surface area contributed by atoms with E-state index in [-0.39, 0.29) is 0 Å². The van der Waals surface area contributed by atoms with Gasteiger partial charge in [0.15, 0.2) is 5.38 Å². The van der Waals surface area contributed by atoms with Crippen LogP contribution in [0.4, 0.5) is 0 Å². The van der Waals surface area contributed by atoms with Crippen molar-refractivity contribution in [1.29, 1.82) is 0 Å². The van der Waals surface area contributed by atoms with Crippen LogP contribution in [0.25, 0.3) is 0 Å². The summed E-state index contributed by atoms with van der Waals surface area (Å²) in [6.07, 6.45) is -0.441. The number of hydrogen-bond donors (Lipinski definition) is 1. The molecule has 0 saturated carbocycles. The van der Waals surface area contributed by atoms with E-state index in [0.717, 1.165) is 0 Å². The first kappa shape index (κ1) is 8.72. The molecule has 0 unspecified atom stereocenters. The minimum Gasteiger partial charge on any atom is -0.480 e. The van der Waals surface area contributed by atoms with Crippen LogP contribution in [0.3, 0.4) is 0 Å². The summed E-state index contributed by atoms with van der Waals surface area (Å²) in [5, 5.41) is 7.32. The normalized spacial score (nSPS) is 16.8. The lowest BCUT2D eigenvalue weighted by atomic mass is 10.3. The monoisotopic (exact) mass is 152 g/mol. The molecule has 3 nitrogen and oxygen atoms in total. The van der Waals surface area contributed by atoms with Gasteiger partial charge in [0.25, 0.3) is 0 Å². The van der Waals surface area contributed by atoms with Crippen molar-refractivity contribution in [3.63, 3.8) is 0 Å². The van der Waals surface area contributed by atoms with Gasteiger partial charge in [-0.15, -0.1) is 11.6 Å². The van der Waals surface area contributed by atoms with Gasteiger partial charge in [0.1, 0.15) is 0 Å². The molecule has 0 fully saturated rings. The molecular weight excluding hydrogens is 144 g/mol. The molecule has 2 atom stereocenters. The molecule has 0 aliphatic rings. The van der Waals surface area contributed by atoms with E-state index in [1.807, 2.05) is 0 Å². The second-order valence-electron chi connectivity index (χ2n) is 1.68. The highest BCUT2D eigenvalue weighted by Crippen LogP contribution is 2.04. The maximum atomic E-state index is 10.1. The predicted octanol–water partition coefficient (Wildman–Crippen LogP) is 0.713. The van der Waals surface area contributed by atoms with Crippen LogP contribution < -0.4 is 0 Å². The van der Waals surface area contributed by atoms with E-state index in [0.29, 0.717) is 0 Å². The molecule has 0 aliphatic heterocycles. The molecule has 0 aromatic heterocycles. The van der Waals surface area contributed by atoms with Gasteiger partial charge in [0.05, 0.1) is 6.10 Å². The number of aliphatic carboxylic acids is 1. The Hall–Kier alpha value is -0.280. The standard InChI is InChI=1S/C5H9ClO3/c1-3(9-2)4(6)5(7)8/h3-4H,1-2H3,(H,7,8)/t3-,4+/m1/s1. The average Bonchev–Trinajstić information content (AvgIpc) is 1.84. The van der Waals surface area contributed by atoms with Crippen LogP contribution in [-0.4, -0.2) is 29.7 Å². The lowest BCUT2D eigenvalue weighted by Gasteiger charge is -2.10. The van der Waals surface area contributed by atoms with Crippen LogP contribution >= 0.6 is 11.6 Å². The highest BCUT2D eigenvalue weighted by molar-refractivity contribution is 6.30. The van der Waals surface area contributed by atoms with Crippen molar-refractivity contribution in [2.45, 2.75) is 18.4 Å². The SMILES string of the molecule is CO[C@H](C)[C@H](Cl)C(=O)O. The molecule has 54 valence electrons. The van der Waals surface area contributed by atoms with Crippen molar-refractivity contribution >= 4 is 17.6 Å². The van der Waals surface area contributed by atoms with E-state index in [4.69, 9.17) is 16.7 Å². The zero-order valence-electron chi connectivity index (χ0n) is 5.30. The summed E-state index contributed by atoms with van der Waals surface area (Å²) in [5.41, 5.74) is 0. The van der Waals surface area contributed by atoms with E-state index >= 15 is 0 Å². The first-order chi connectivity index (χ1) is 4.09. The van der Waals surface area contributed by atoms with Crippen LogP contribution in [0, 0.1) is 0 Å². The van der Waals surface area contributed by atoms with Gasteiger partial charge in [-0.25, -0.2) is 0 Å². The van der Waals surface area contributed by atoms with Crippen molar-refractivity contribution in [2.75, 3.05) is 7.11 Å². The molecule has 1 N–H and O–H groups in total. The molecule has 0 aromatic rings. The highest BCUT2D eigenvalue weighted by atomic mass is 35.5. The zero-order valence-corrected chi connectivity index (χ0v) is 6.05. The minimum absolute atomic E-state index is 0.441. The predicted molar refractivity (Wildman–Crippen MR) is 33.7 cm³/mol. The van der Waals surface area contributed by atoms with Gasteiger partial charge in [0.2, 0.25) is 0 Å². The molecule has 4 heteroatoms. The molecule has 0 aliphatic carbocycles. The lowest BCUT2D eigenvalue weighted by molar-refractivity contribution is -0.138. The fraction of sp³-hybridized carbons (Fsp3) is 0.800. The van der Waals surface area contributed by atoms with Crippen LogP contribution in [0.2, 0.25) is 0 Å². The van der Waals surface area contributed by atoms with E-state index < -0.39 is 17.5 Å². The van der Waals surface area contributed by atoms with Gasteiger partial charge in [-0.2, -0.15) is 0 Å². The van der Waals surface area contributed by atoms with Crippen molar-refractivity contribution in [2.24, 2.45) is 0 Å². The highest BCUT2D eigenvalue weighted by Gasteiger charge is 2.20. The molecule has 0 rings (SSSR count). The summed E-state index contributed by atoms with van der Waals surface area (Å²) in [6.45, 7) is 1.60. The maximum Gasteiger partial charge on any atom is 0.324 e. The Balaban J connectivity index is 3.72. The summed E-state index contributed by atoms with van der Waals surface area (Å²) in [5.74, 6) is -1.05. The van der Waals surface area contributed by atoms with Crippen LogP contribution in [0.5, 0.6) is 0 Å². The Bertz CT molecular complexity index is 104. The molecule has 0 saturated heterocycles. The van der Waals surface area contributed by atoms with Gasteiger partial charge in [0, 0.05) is 7.11 Å². The molecule has 9 heavy (non-hydrogen) atoms. The summed E-state index contributed by atoms with van der Waals surface area (Å²) < 4.78 is 4.66. The van der Waals surface area contributed by atoms with Gasteiger partial charge in [-0.1, -0.05) is 0 Å². The Morgan fingerprint density at radius 2 is 2.22 bits per heavy atom. The number of carboxylic acid groups (broad SMARTS) is 1. The Kier molecular flexibility index (Phi) is 3.58. The molecule has 0 amide bonds. The lowest BCUT2D eigenvalue weighted by Crippen LogP contribution is -2.27. The minimum atomic E-state index is -1.05. The Morgan fingerprint density at radius 1 is 1.78 bits per heavy atom. The Labute approximate surface area is 58.6 Å². The molecule has 0 aromatic carbocycles. The number of hydrogen-bond acceptors (Lipinski definition) is 2. The zero-order chi connectivity index (χ0) is 7.44. The fourth-order valence-electron chi connectivity index (χ4n) is 0.320. The third kappa shape index (κ3) is 2.67. The van der Waals surface area contributed by atoms with Crippen LogP contribution in [0.15, 0.2) is 0 Å². The van der Waals surface area contributed by atoms with Crippen molar-refractivity contribution in [3.8, 4) is 0 Å². The quantitative estimate of drug-likeness (QED) is 0.606. The largest absolute Gasteiger partial charge is 0.480 e. The number of ether oxygens (including phenoxy) is 1. The first-order valence-corrected chi connectivity index (χ1v) is 2.93. The second kappa shape index (κ2) is 3.69. The topological polar surface area (TPSA) is 46.5 Å². The number of carbonyl (C=O) groups is 1. The van der Waals surface area contributed by atoms with E-state index in [1.54, 1.807) is 6.92 Å². The summed E-state index contributed by atoms with van der Waals surface area (Å²) >= 11 is 5.34. The summed E-state index contributed by atoms with van der Waals surface area (Å²) in [6, 6.07) is 0.